The summed E-state index contributed by atoms with van der Waals surface area (Å²) in [4.78, 5) is 0. The maximum Gasteiger partial charge on any atom is 0.0999 e. The van der Waals surface area contributed by atoms with Crippen LogP contribution in [0.15, 0.2) is 16.6 Å². The number of aryl methyl sites for hydroxylation is 1. The summed E-state index contributed by atoms with van der Waals surface area (Å²) in [5.41, 5.74) is 2.61. The smallest absolute Gasteiger partial charge is 0.0999 e. The fraction of sp³-hybridized carbons (Fsp3) is 0.273. The molecule has 0 aliphatic rings. The lowest BCUT2D eigenvalue weighted by molar-refractivity contribution is 1.00. The lowest BCUT2D eigenvalue weighted by Gasteiger charge is -1.99. The molecule has 1 heterocycles. The molecular formula is C11H12BrIN3P. The molecule has 0 saturated heterocycles. The number of hydrogen-bond donors (Lipinski definition) is 0. The number of benzene rings is 1. The van der Waals surface area contributed by atoms with Crippen molar-refractivity contribution in [2.75, 3.05) is 0 Å². The molecule has 0 saturated carbocycles. The zero-order valence-corrected chi connectivity index (χ0v) is 14.5. The maximum absolute atomic E-state index is 9.06. The molecule has 0 spiro atoms. The first-order chi connectivity index (χ1) is 8.17. The highest BCUT2D eigenvalue weighted by Gasteiger charge is 2.11. The second-order valence-electron chi connectivity index (χ2n) is 3.04. The van der Waals surface area contributed by atoms with E-state index in [1.165, 1.54) is 0 Å². The van der Waals surface area contributed by atoms with E-state index in [-0.39, 0.29) is 0 Å². The highest BCUT2D eigenvalue weighted by molar-refractivity contribution is 14.2. The van der Waals surface area contributed by atoms with Crippen LogP contribution in [0.25, 0.3) is 10.9 Å². The molecule has 2 rings (SSSR count). The van der Waals surface area contributed by atoms with E-state index in [2.05, 4.69) is 49.1 Å². The van der Waals surface area contributed by atoms with E-state index < -0.39 is 0 Å². The summed E-state index contributed by atoms with van der Waals surface area (Å²) in [7, 11) is 0. The van der Waals surface area contributed by atoms with Gasteiger partial charge in [-0.05, 0) is 41.1 Å². The Bertz CT molecular complexity index is 574. The zero-order valence-electron chi connectivity index (χ0n) is 9.75. The fourth-order valence-electron chi connectivity index (χ4n) is 1.55. The van der Waals surface area contributed by atoms with E-state index in [1.54, 1.807) is 0 Å². The monoisotopic (exact) mass is 423 g/mol. The molecule has 90 valence electrons. The second-order valence-corrected chi connectivity index (χ2v) is 6.00. The van der Waals surface area contributed by atoms with Crippen LogP contribution in [0, 0.1) is 18.3 Å². The van der Waals surface area contributed by atoms with Gasteiger partial charge in [0.05, 0.1) is 29.2 Å². The maximum atomic E-state index is 9.06. The molecular weight excluding hydrogens is 412 g/mol. The Hall–Kier alpha value is -0.180. The third-order valence-electron chi connectivity index (χ3n) is 2.12. The van der Waals surface area contributed by atoms with Gasteiger partial charge < -0.3 is 0 Å². The number of rotatable bonds is 1. The van der Waals surface area contributed by atoms with Crippen molar-refractivity contribution in [2.24, 2.45) is 0 Å². The van der Waals surface area contributed by atoms with Crippen molar-refractivity contribution in [3.05, 3.63) is 27.9 Å². The van der Waals surface area contributed by atoms with E-state index in [4.69, 9.17) is 5.26 Å². The van der Waals surface area contributed by atoms with E-state index in [0.29, 0.717) is 11.9 Å². The third kappa shape index (κ3) is 2.98. The van der Waals surface area contributed by atoms with Crippen LogP contribution < -0.4 is 0 Å². The van der Waals surface area contributed by atoms with E-state index in [0.717, 1.165) is 21.1 Å². The van der Waals surface area contributed by atoms with Gasteiger partial charge in [-0.2, -0.15) is 10.4 Å². The number of halogens is 2. The number of aromatic nitrogens is 2. The molecule has 17 heavy (non-hydrogen) atoms. The lowest BCUT2D eigenvalue weighted by atomic mass is 10.1. The standard InChI is InChI=1S/C9H6BrIN3P.C2H6/c1-5-9-6(4-12)2-7(10)3-8(9)14(13-5)15-11;1-2/h2-3,15H,1H3;1-2H3. The number of fused-ring (bicyclic) bond motifs is 1. The lowest BCUT2D eigenvalue weighted by Crippen LogP contribution is -1.83. The fourth-order valence-corrected chi connectivity index (χ4v) is 3.55. The molecule has 0 bridgehead atoms. The van der Waals surface area contributed by atoms with Crippen LogP contribution >= 0.6 is 44.3 Å². The van der Waals surface area contributed by atoms with Gasteiger partial charge in [0.2, 0.25) is 0 Å². The van der Waals surface area contributed by atoms with Crippen LogP contribution in [-0.4, -0.2) is 9.55 Å². The summed E-state index contributed by atoms with van der Waals surface area (Å²) < 4.78 is 2.85. The molecule has 0 aliphatic heterocycles. The Morgan fingerprint density at radius 3 is 2.65 bits per heavy atom. The van der Waals surface area contributed by atoms with Gasteiger partial charge in [-0.3, -0.25) is 0 Å². The van der Waals surface area contributed by atoms with Gasteiger partial charge in [-0.25, -0.2) is 4.45 Å². The van der Waals surface area contributed by atoms with Crippen molar-refractivity contribution >= 4 is 55.2 Å². The van der Waals surface area contributed by atoms with Gasteiger partial charge in [-0.15, -0.1) is 0 Å². The average molecular weight is 424 g/mol. The molecule has 1 aromatic carbocycles. The first-order valence-corrected chi connectivity index (χ1v) is 9.98. The normalized spacial score (nSPS) is 10.4. The van der Waals surface area contributed by atoms with Crippen LogP contribution in [0.3, 0.4) is 0 Å². The summed E-state index contributed by atoms with van der Waals surface area (Å²) in [5.74, 6) is 0. The Labute approximate surface area is 124 Å². The van der Waals surface area contributed by atoms with E-state index in [1.807, 2.05) is 37.4 Å². The zero-order chi connectivity index (χ0) is 13.0. The summed E-state index contributed by atoms with van der Waals surface area (Å²) in [6, 6.07) is 6.04. The van der Waals surface area contributed by atoms with Crippen molar-refractivity contribution < 1.29 is 0 Å². The predicted molar refractivity (Wildman–Crippen MR) is 86.0 cm³/mol. The molecule has 0 N–H and O–H groups in total. The Morgan fingerprint density at radius 1 is 1.47 bits per heavy atom. The molecule has 1 unspecified atom stereocenters. The number of nitrogens with zero attached hydrogens (tertiary/aromatic N) is 3. The predicted octanol–water partition coefficient (Wildman–Crippen LogP) is 4.80. The van der Waals surface area contributed by atoms with Crippen molar-refractivity contribution in [1.82, 2.24) is 9.55 Å². The minimum Gasteiger partial charge on any atom is -0.237 e. The summed E-state index contributed by atoms with van der Waals surface area (Å²) in [6.07, 6.45) is 0.544. The minimum absolute atomic E-state index is 0.544. The molecule has 1 atom stereocenters. The van der Waals surface area contributed by atoms with Gasteiger partial charge in [0, 0.05) is 9.86 Å². The van der Waals surface area contributed by atoms with E-state index in [9.17, 15) is 0 Å². The molecule has 0 fully saturated rings. The Kier molecular flexibility index (Phi) is 5.84. The van der Waals surface area contributed by atoms with Crippen LogP contribution in [0.4, 0.5) is 0 Å². The largest absolute Gasteiger partial charge is 0.237 e. The van der Waals surface area contributed by atoms with Crippen molar-refractivity contribution in [3.63, 3.8) is 0 Å². The van der Waals surface area contributed by atoms with Gasteiger partial charge in [0.1, 0.15) is 0 Å². The Balaban J connectivity index is 0.000000686. The van der Waals surface area contributed by atoms with Gasteiger partial charge >= 0.3 is 0 Å². The van der Waals surface area contributed by atoms with Crippen LogP contribution in [0.5, 0.6) is 0 Å². The number of hydrogen-bond acceptors (Lipinski definition) is 2. The van der Waals surface area contributed by atoms with Gasteiger partial charge in [0.15, 0.2) is 0 Å². The summed E-state index contributed by atoms with van der Waals surface area (Å²) in [6.45, 7) is 5.93. The molecule has 0 radical (unpaired) electrons. The molecule has 6 heteroatoms. The van der Waals surface area contributed by atoms with E-state index >= 15 is 0 Å². The molecule has 2 aromatic rings. The summed E-state index contributed by atoms with van der Waals surface area (Å²) >= 11 is 5.69. The Morgan fingerprint density at radius 2 is 2.12 bits per heavy atom. The van der Waals surface area contributed by atoms with Crippen LogP contribution in [0.2, 0.25) is 0 Å². The van der Waals surface area contributed by atoms with Crippen molar-refractivity contribution in [1.29, 1.82) is 5.26 Å². The van der Waals surface area contributed by atoms with Crippen LogP contribution in [0.1, 0.15) is 25.1 Å². The topological polar surface area (TPSA) is 41.6 Å². The third-order valence-corrected chi connectivity index (χ3v) is 4.45. The molecule has 0 amide bonds. The highest BCUT2D eigenvalue weighted by atomic mass is 127. The van der Waals surface area contributed by atoms with Gasteiger partial charge in [-0.1, -0.05) is 29.8 Å². The van der Waals surface area contributed by atoms with Crippen molar-refractivity contribution in [3.8, 4) is 6.07 Å². The van der Waals surface area contributed by atoms with Crippen LogP contribution in [-0.2, 0) is 0 Å². The second kappa shape index (κ2) is 6.67. The number of nitriles is 1. The highest BCUT2D eigenvalue weighted by Crippen LogP contribution is 2.33. The quantitative estimate of drug-likeness (QED) is 0.488. The molecule has 1 aromatic heterocycles. The minimum atomic E-state index is 0.544. The average Bonchev–Trinajstić information content (AvgIpc) is 2.67. The molecule has 3 nitrogen and oxygen atoms in total. The van der Waals surface area contributed by atoms with Gasteiger partial charge in [0.25, 0.3) is 0 Å². The first kappa shape index (κ1) is 14.9. The SMILES string of the molecule is CC.Cc1nn(PI)c2cc(Br)cc(C#N)c12. The molecule has 0 aliphatic carbocycles. The summed E-state index contributed by atoms with van der Waals surface area (Å²) in [5, 5.41) is 14.4. The first-order valence-electron chi connectivity index (χ1n) is 5.13. The van der Waals surface area contributed by atoms with Crippen molar-refractivity contribution in [2.45, 2.75) is 20.8 Å².